The third-order valence-electron chi connectivity index (χ3n) is 5.40. The van der Waals surface area contributed by atoms with Gasteiger partial charge in [-0.3, -0.25) is 4.79 Å². The molecule has 1 aromatic heterocycles. The van der Waals surface area contributed by atoms with Gasteiger partial charge in [-0.2, -0.15) is 4.98 Å². The summed E-state index contributed by atoms with van der Waals surface area (Å²) in [4.78, 5) is 21.7. The SMILES string of the molecule is Cc1noc(-c2ccccc2C(=O)N2CCN(c3cccc(C)c3C)CC2)n1. The fourth-order valence-corrected chi connectivity index (χ4v) is 3.66. The number of piperazine rings is 1. The van der Waals surface area contributed by atoms with E-state index >= 15 is 0 Å². The largest absolute Gasteiger partial charge is 0.368 e. The molecule has 0 atom stereocenters. The maximum atomic E-state index is 13.2. The molecule has 1 aliphatic heterocycles. The predicted molar refractivity (Wildman–Crippen MR) is 109 cm³/mol. The Hall–Kier alpha value is -3.15. The molecule has 0 unspecified atom stereocenters. The quantitative estimate of drug-likeness (QED) is 0.699. The van der Waals surface area contributed by atoms with Crippen molar-refractivity contribution in [2.75, 3.05) is 31.1 Å². The van der Waals surface area contributed by atoms with E-state index in [4.69, 9.17) is 4.52 Å². The van der Waals surface area contributed by atoms with Gasteiger partial charge in [-0.1, -0.05) is 29.4 Å². The zero-order chi connectivity index (χ0) is 19.7. The lowest BCUT2D eigenvalue weighted by molar-refractivity contribution is 0.0747. The lowest BCUT2D eigenvalue weighted by Gasteiger charge is -2.37. The zero-order valence-corrected chi connectivity index (χ0v) is 16.5. The highest BCUT2D eigenvalue weighted by molar-refractivity contribution is 6.00. The molecular formula is C22H24N4O2. The molecule has 0 aliphatic carbocycles. The van der Waals surface area contributed by atoms with E-state index in [1.165, 1.54) is 16.8 Å². The molecule has 2 aromatic carbocycles. The molecule has 0 radical (unpaired) electrons. The molecule has 144 valence electrons. The molecule has 0 saturated carbocycles. The van der Waals surface area contributed by atoms with Gasteiger partial charge in [-0.15, -0.1) is 0 Å². The highest BCUT2D eigenvalue weighted by atomic mass is 16.5. The van der Waals surface area contributed by atoms with E-state index in [9.17, 15) is 4.79 Å². The summed E-state index contributed by atoms with van der Waals surface area (Å²) in [6.07, 6.45) is 0. The highest BCUT2D eigenvalue weighted by Gasteiger charge is 2.26. The molecule has 1 aliphatic rings. The second-order valence-corrected chi connectivity index (χ2v) is 7.19. The Bertz CT molecular complexity index is 1000. The molecule has 0 bridgehead atoms. The summed E-state index contributed by atoms with van der Waals surface area (Å²) in [5, 5.41) is 3.85. The van der Waals surface area contributed by atoms with Crippen molar-refractivity contribution >= 4 is 11.6 Å². The van der Waals surface area contributed by atoms with Gasteiger partial charge >= 0.3 is 0 Å². The molecule has 4 rings (SSSR count). The topological polar surface area (TPSA) is 62.5 Å². The molecule has 6 nitrogen and oxygen atoms in total. The van der Waals surface area contributed by atoms with Crippen LogP contribution in [0.15, 0.2) is 47.0 Å². The van der Waals surface area contributed by atoms with Crippen molar-refractivity contribution in [3.05, 3.63) is 65.0 Å². The maximum absolute atomic E-state index is 13.2. The van der Waals surface area contributed by atoms with E-state index in [1.807, 2.05) is 29.2 Å². The number of nitrogens with zero attached hydrogens (tertiary/aromatic N) is 4. The van der Waals surface area contributed by atoms with Crippen molar-refractivity contribution in [3.8, 4) is 11.5 Å². The summed E-state index contributed by atoms with van der Waals surface area (Å²) in [6, 6.07) is 13.8. The normalized spacial score (nSPS) is 14.4. The third-order valence-corrected chi connectivity index (χ3v) is 5.40. The van der Waals surface area contributed by atoms with Crippen LogP contribution < -0.4 is 4.90 Å². The van der Waals surface area contributed by atoms with Gasteiger partial charge < -0.3 is 14.3 Å². The molecular weight excluding hydrogens is 352 g/mol. The number of anilines is 1. The number of amides is 1. The number of aryl methyl sites for hydroxylation is 2. The van der Waals surface area contributed by atoms with Crippen molar-refractivity contribution in [1.82, 2.24) is 15.0 Å². The first-order chi connectivity index (χ1) is 13.5. The summed E-state index contributed by atoms with van der Waals surface area (Å²) < 4.78 is 5.29. The Morgan fingerprint density at radius 3 is 2.43 bits per heavy atom. The minimum atomic E-state index is 0.00654. The molecule has 0 N–H and O–H groups in total. The molecule has 3 aromatic rings. The van der Waals surface area contributed by atoms with Gasteiger partial charge in [0.2, 0.25) is 0 Å². The molecule has 1 saturated heterocycles. The van der Waals surface area contributed by atoms with Crippen LogP contribution in [0.25, 0.3) is 11.5 Å². The summed E-state index contributed by atoms with van der Waals surface area (Å²) in [5.41, 5.74) is 5.14. The number of rotatable bonds is 3. The van der Waals surface area contributed by atoms with Crippen molar-refractivity contribution in [2.45, 2.75) is 20.8 Å². The van der Waals surface area contributed by atoms with E-state index in [0.717, 1.165) is 13.1 Å². The van der Waals surface area contributed by atoms with E-state index in [-0.39, 0.29) is 5.91 Å². The number of carbonyl (C=O) groups excluding carboxylic acids is 1. The average Bonchev–Trinajstić information content (AvgIpc) is 3.16. The molecule has 0 spiro atoms. The zero-order valence-electron chi connectivity index (χ0n) is 16.5. The Labute approximate surface area is 164 Å². The Kier molecular flexibility index (Phi) is 4.86. The van der Waals surface area contributed by atoms with Crippen molar-refractivity contribution in [1.29, 1.82) is 0 Å². The van der Waals surface area contributed by atoms with E-state index in [0.29, 0.717) is 35.9 Å². The number of hydrogen-bond donors (Lipinski definition) is 0. The van der Waals surface area contributed by atoms with Crippen LogP contribution in [-0.2, 0) is 0 Å². The van der Waals surface area contributed by atoms with Gasteiger partial charge in [0, 0.05) is 31.9 Å². The van der Waals surface area contributed by atoms with Crippen molar-refractivity contribution in [3.63, 3.8) is 0 Å². The number of benzene rings is 2. The first kappa shape index (κ1) is 18.2. The first-order valence-corrected chi connectivity index (χ1v) is 9.55. The van der Waals surface area contributed by atoms with Gasteiger partial charge in [0.05, 0.1) is 11.1 Å². The maximum Gasteiger partial charge on any atom is 0.258 e. The Balaban J connectivity index is 1.52. The van der Waals surface area contributed by atoms with E-state index < -0.39 is 0 Å². The number of carbonyl (C=O) groups is 1. The summed E-state index contributed by atoms with van der Waals surface area (Å²) >= 11 is 0. The summed E-state index contributed by atoms with van der Waals surface area (Å²) in [5.74, 6) is 0.946. The highest BCUT2D eigenvalue weighted by Crippen LogP contribution is 2.26. The molecule has 28 heavy (non-hydrogen) atoms. The van der Waals surface area contributed by atoms with Gasteiger partial charge in [-0.05, 0) is 50.1 Å². The minimum absolute atomic E-state index is 0.00654. The molecule has 1 fully saturated rings. The lowest BCUT2D eigenvalue weighted by atomic mass is 10.0. The summed E-state index contributed by atoms with van der Waals surface area (Å²) in [6.45, 7) is 9.06. The molecule has 2 heterocycles. The smallest absolute Gasteiger partial charge is 0.258 e. The van der Waals surface area contributed by atoms with Gasteiger partial charge in [0.25, 0.3) is 11.8 Å². The second kappa shape index (κ2) is 7.46. The van der Waals surface area contributed by atoms with Crippen LogP contribution in [0.5, 0.6) is 0 Å². The second-order valence-electron chi connectivity index (χ2n) is 7.19. The first-order valence-electron chi connectivity index (χ1n) is 9.55. The van der Waals surface area contributed by atoms with Crippen LogP contribution in [0.1, 0.15) is 27.3 Å². The molecule has 6 heteroatoms. The van der Waals surface area contributed by atoms with Crippen molar-refractivity contribution < 1.29 is 9.32 Å². The predicted octanol–water partition coefficient (Wildman–Crippen LogP) is 3.62. The van der Waals surface area contributed by atoms with Gasteiger partial charge in [-0.25, -0.2) is 0 Å². The van der Waals surface area contributed by atoms with E-state index in [2.05, 4.69) is 47.1 Å². The van der Waals surface area contributed by atoms with E-state index in [1.54, 1.807) is 6.92 Å². The monoisotopic (exact) mass is 376 g/mol. The van der Waals surface area contributed by atoms with Crippen molar-refractivity contribution in [2.24, 2.45) is 0 Å². The van der Waals surface area contributed by atoms with Crippen LogP contribution >= 0.6 is 0 Å². The van der Waals surface area contributed by atoms with Crippen LogP contribution in [0.2, 0.25) is 0 Å². The van der Waals surface area contributed by atoms with Crippen LogP contribution in [0.3, 0.4) is 0 Å². The Morgan fingerprint density at radius 1 is 0.964 bits per heavy atom. The fourth-order valence-electron chi connectivity index (χ4n) is 3.66. The van der Waals surface area contributed by atoms with Gasteiger partial charge in [0.1, 0.15) is 0 Å². The molecule has 1 amide bonds. The van der Waals surface area contributed by atoms with Crippen LogP contribution in [0.4, 0.5) is 5.69 Å². The Morgan fingerprint density at radius 2 is 1.71 bits per heavy atom. The minimum Gasteiger partial charge on any atom is -0.368 e. The van der Waals surface area contributed by atoms with Gasteiger partial charge in [0.15, 0.2) is 5.82 Å². The third kappa shape index (κ3) is 3.38. The number of hydrogen-bond acceptors (Lipinski definition) is 5. The fraction of sp³-hybridized carbons (Fsp3) is 0.318. The standard InChI is InChI=1S/C22H24N4O2/c1-15-7-6-10-20(16(15)2)25-11-13-26(14-12-25)22(27)19-9-5-4-8-18(19)21-23-17(3)24-28-21/h4-10H,11-14H2,1-3H3. The van der Waals surface area contributed by atoms with Crippen LogP contribution in [0, 0.1) is 20.8 Å². The average molecular weight is 376 g/mol. The number of aromatic nitrogens is 2. The summed E-state index contributed by atoms with van der Waals surface area (Å²) in [7, 11) is 0. The van der Waals surface area contributed by atoms with Crippen LogP contribution in [-0.4, -0.2) is 47.1 Å². The lowest BCUT2D eigenvalue weighted by Crippen LogP contribution is -2.49.